The van der Waals surface area contributed by atoms with Gasteiger partial charge in [0.15, 0.2) is 0 Å². The van der Waals surface area contributed by atoms with Crippen LogP contribution in [-0.4, -0.2) is 60.8 Å². The van der Waals surface area contributed by atoms with E-state index in [-0.39, 0.29) is 5.41 Å². The van der Waals surface area contributed by atoms with Gasteiger partial charge in [-0.25, -0.2) is 9.29 Å². The SMILES string of the molecule is CCCC(CCOC)Cn1c(C(C)(C)C)nc2cc(N(C)SN3CCNCC3)ccc21. The minimum absolute atomic E-state index is 0.00133. The molecular formula is C24H41N5OS. The zero-order chi connectivity index (χ0) is 22.4. The van der Waals surface area contributed by atoms with Crippen molar-refractivity contribution < 1.29 is 4.74 Å². The number of anilines is 1. The van der Waals surface area contributed by atoms with Crippen LogP contribution in [0.2, 0.25) is 0 Å². The number of hydrogen-bond donors (Lipinski definition) is 1. The summed E-state index contributed by atoms with van der Waals surface area (Å²) in [6, 6.07) is 6.76. The van der Waals surface area contributed by atoms with Crippen molar-refractivity contribution >= 4 is 28.9 Å². The molecule has 0 amide bonds. The van der Waals surface area contributed by atoms with Gasteiger partial charge in [-0.15, -0.1) is 0 Å². The van der Waals surface area contributed by atoms with E-state index >= 15 is 0 Å². The monoisotopic (exact) mass is 447 g/mol. The maximum Gasteiger partial charge on any atom is 0.115 e. The number of benzene rings is 1. The Labute approximate surface area is 193 Å². The summed E-state index contributed by atoms with van der Waals surface area (Å²) in [6.45, 7) is 15.1. The van der Waals surface area contributed by atoms with Crippen molar-refractivity contribution in [2.75, 3.05) is 51.2 Å². The smallest absolute Gasteiger partial charge is 0.115 e. The average molecular weight is 448 g/mol. The highest BCUT2D eigenvalue weighted by Crippen LogP contribution is 2.32. The number of hydrogen-bond acceptors (Lipinski definition) is 6. The van der Waals surface area contributed by atoms with Crippen LogP contribution < -0.4 is 9.62 Å². The Bertz CT molecular complexity index is 825. The third kappa shape index (κ3) is 6.37. The summed E-state index contributed by atoms with van der Waals surface area (Å²) < 4.78 is 12.5. The zero-order valence-corrected chi connectivity index (χ0v) is 21.1. The Kier molecular flexibility index (Phi) is 8.67. The lowest BCUT2D eigenvalue weighted by Crippen LogP contribution is -2.41. The molecule has 1 fully saturated rings. The van der Waals surface area contributed by atoms with Crippen LogP contribution in [0, 0.1) is 5.92 Å². The summed E-state index contributed by atoms with van der Waals surface area (Å²) in [6.07, 6.45) is 3.51. The van der Waals surface area contributed by atoms with Crippen LogP contribution >= 0.6 is 12.1 Å². The molecule has 2 heterocycles. The zero-order valence-electron chi connectivity index (χ0n) is 20.3. The molecule has 0 spiro atoms. The van der Waals surface area contributed by atoms with Crippen LogP contribution in [0.3, 0.4) is 0 Å². The molecule has 2 aromatic rings. The lowest BCUT2D eigenvalue weighted by atomic mass is 9.94. The molecule has 1 aromatic heterocycles. The van der Waals surface area contributed by atoms with Crippen molar-refractivity contribution in [2.45, 2.75) is 58.9 Å². The summed E-state index contributed by atoms with van der Waals surface area (Å²) in [5.74, 6) is 1.78. The summed E-state index contributed by atoms with van der Waals surface area (Å²) in [5.41, 5.74) is 3.54. The van der Waals surface area contributed by atoms with E-state index in [1.807, 2.05) is 0 Å². The molecule has 1 unspecified atom stereocenters. The molecule has 1 aromatic carbocycles. The van der Waals surface area contributed by atoms with E-state index in [0.29, 0.717) is 5.92 Å². The highest BCUT2D eigenvalue weighted by molar-refractivity contribution is 7.98. The fourth-order valence-corrected chi connectivity index (χ4v) is 5.20. The predicted octanol–water partition coefficient (Wildman–Crippen LogP) is 4.69. The number of imidazole rings is 1. The summed E-state index contributed by atoms with van der Waals surface area (Å²) in [4.78, 5) is 5.14. The number of aromatic nitrogens is 2. The van der Waals surface area contributed by atoms with Gasteiger partial charge in [0.2, 0.25) is 0 Å². The molecule has 1 saturated heterocycles. The minimum Gasteiger partial charge on any atom is -0.385 e. The van der Waals surface area contributed by atoms with E-state index in [2.05, 4.69) is 71.4 Å². The Morgan fingerprint density at radius 3 is 2.61 bits per heavy atom. The van der Waals surface area contributed by atoms with Gasteiger partial charge in [-0.1, -0.05) is 34.1 Å². The van der Waals surface area contributed by atoms with Gasteiger partial charge in [0.05, 0.1) is 16.7 Å². The van der Waals surface area contributed by atoms with Crippen molar-refractivity contribution in [3.8, 4) is 0 Å². The van der Waals surface area contributed by atoms with Crippen molar-refractivity contribution in [1.82, 2.24) is 19.2 Å². The van der Waals surface area contributed by atoms with Crippen LogP contribution in [0.25, 0.3) is 11.0 Å². The van der Waals surface area contributed by atoms with Crippen molar-refractivity contribution in [1.29, 1.82) is 0 Å². The molecule has 0 aliphatic carbocycles. The standard InChI is InChI=1S/C24H41N5OS/c1-7-8-19(11-16-30-6)18-29-22-10-9-20(17-21(22)26-23(29)24(2,3)4)27(5)31-28-14-12-25-13-15-28/h9-10,17,19,25H,7-8,11-16,18H2,1-6H3. The first kappa shape index (κ1) is 24.4. The van der Waals surface area contributed by atoms with E-state index in [9.17, 15) is 0 Å². The normalized spacial score (nSPS) is 16.7. The number of fused-ring (bicyclic) bond motifs is 1. The van der Waals surface area contributed by atoms with Gasteiger partial charge in [-0.3, -0.25) is 0 Å². The summed E-state index contributed by atoms with van der Waals surface area (Å²) in [7, 11) is 3.95. The number of piperazine rings is 1. The maximum atomic E-state index is 5.39. The van der Waals surface area contributed by atoms with E-state index in [4.69, 9.17) is 9.72 Å². The molecule has 7 heteroatoms. The molecule has 1 atom stereocenters. The number of methoxy groups -OCH3 is 1. The lowest BCUT2D eigenvalue weighted by molar-refractivity contribution is 0.169. The van der Waals surface area contributed by atoms with Gasteiger partial charge in [0.1, 0.15) is 5.82 Å². The molecule has 3 rings (SSSR count). The third-order valence-electron chi connectivity index (χ3n) is 5.95. The fraction of sp³-hybridized carbons (Fsp3) is 0.708. The van der Waals surface area contributed by atoms with Crippen molar-refractivity contribution in [2.24, 2.45) is 5.92 Å². The van der Waals surface area contributed by atoms with Crippen LogP contribution in [0.4, 0.5) is 5.69 Å². The Morgan fingerprint density at radius 1 is 1.23 bits per heavy atom. The Morgan fingerprint density at radius 2 is 1.97 bits per heavy atom. The predicted molar refractivity (Wildman–Crippen MR) is 134 cm³/mol. The van der Waals surface area contributed by atoms with E-state index in [1.54, 1.807) is 19.2 Å². The van der Waals surface area contributed by atoms with Crippen LogP contribution in [0.15, 0.2) is 18.2 Å². The molecule has 1 aliphatic heterocycles. The second-order valence-corrected chi connectivity index (χ2v) is 10.9. The number of ether oxygens (including phenoxy) is 1. The molecule has 1 aliphatic rings. The number of nitrogens with zero attached hydrogens (tertiary/aromatic N) is 4. The molecule has 31 heavy (non-hydrogen) atoms. The second kappa shape index (κ2) is 11.0. The molecule has 0 saturated carbocycles. The highest BCUT2D eigenvalue weighted by atomic mass is 32.2. The molecule has 0 bridgehead atoms. The molecule has 0 radical (unpaired) electrons. The van der Waals surface area contributed by atoms with E-state index in [1.165, 1.54) is 29.9 Å². The second-order valence-electron chi connectivity index (χ2n) is 9.66. The van der Waals surface area contributed by atoms with Crippen LogP contribution in [0.5, 0.6) is 0 Å². The van der Waals surface area contributed by atoms with Crippen molar-refractivity contribution in [3.63, 3.8) is 0 Å². The first-order valence-electron chi connectivity index (χ1n) is 11.7. The van der Waals surface area contributed by atoms with Gasteiger partial charge < -0.3 is 18.9 Å². The Balaban J connectivity index is 1.88. The topological polar surface area (TPSA) is 45.6 Å². The summed E-state index contributed by atoms with van der Waals surface area (Å²) >= 11 is 1.80. The minimum atomic E-state index is -0.00133. The fourth-order valence-electron chi connectivity index (χ4n) is 4.30. The maximum absolute atomic E-state index is 5.39. The molecular weight excluding hydrogens is 406 g/mol. The average Bonchev–Trinajstić information content (AvgIpc) is 3.11. The van der Waals surface area contributed by atoms with E-state index < -0.39 is 0 Å². The first-order chi connectivity index (χ1) is 14.8. The van der Waals surface area contributed by atoms with Gasteiger partial charge in [0.25, 0.3) is 0 Å². The largest absolute Gasteiger partial charge is 0.385 e. The first-order valence-corrected chi connectivity index (χ1v) is 12.4. The van der Waals surface area contributed by atoms with Gasteiger partial charge in [-0.2, -0.15) is 0 Å². The molecule has 6 nitrogen and oxygen atoms in total. The number of rotatable bonds is 10. The Hall–Kier alpha value is -1.28. The lowest BCUT2D eigenvalue weighted by Gasteiger charge is -2.30. The molecule has 1 N–H and O–H groups in total. The van der Waals surface area contributed by atoms with Gasteiger partial charge in [0, 0.05) is 71.0 Å². The van der Waals surface area contributed by atoms with E-state index in [0.717, 1.165) is 51.3 Å². The number of nitrogens with one attached hydrogen (secondary N) is 1. The van der Waals surface area contributed by atoms with Gasteiger partial charge >= 0.3 is 0 Å². The van der Waals surface area contributed by atoms with Crippen molar-refractivity contribution in [3.05, 3.63) is 24.0 Å². The third-order valence-corrected chi connectivity index (χ3v) is 7.00. The quantitative estimate of drug-likeness (QED) is 0.533. The van der Waals surface area contributed by atoms with Crippen LogP contribution in [-0.2, 0) is 16.7 Å². The van der Waals surface area contributed by atoms with Crippen LogP contribution in [0.1, 0.15) is 52.8 Å². The highest BCUT2D eigenvalue weighted by Gasteiger charge is 2.25. The molecule has 174 valence electrons. The van der Waals surface area contributed by atoms with Gasteiger partial charge in [-0.05, 0) is 37.0 Å². The summed E-state index contributed by atoms with van der Waals surface area (Å²) in [5, 5.41) is 3.42.